The van der Waals surface area contributed by atoms with Crippen LogP contribution in [0.2, 0.25) is 0 Å². The number of aromatic nitrogens is 2. The van der Waals surface area contributed by atoms with Crippen LogP contribution in [0.1, 0.15) is 49.9 Å². The summed E-state index contributed by atoms with van der Waals surface area (Å²) >= 11 is 0. The van der Waals surface area contributed by atoms with Crippen molar-refractivity contribution in [2.75, 3.05) is 26.2 Å². The Morgan fingerprint density at radius 3 is 2.09 bits per heavy atom. The van der Waals surface area contributed by atoms with Crippen LogP contribution in [0.15, 0.2) is 4.90 Å². The Bertz CT molecular complexity index is 641. The molecule has 3 heterocycles. The van der Waals surface area contributed by atoms with Crippen LogP contribution < -0.4 is 0 Å². The summed E-state index contributed by atoms with van der Waals surface area (Å²) in [5, 5.41) is 4.53. The van der Waals surface area contributed by atoms with Crippen LogP contribution in [0.5, 0.6) is 0 Å². The molecule has 3 rings (SSSR count). The van der Waals surface area contributed by atoms with Gasteiger partial charge in [0.15, 0.2) is 0 Å². The van der Waals surface area contributed by atoms with Crippen molar-refractivity contribution in [1.82, 2.24) is 19.0 Å². The van der Waals surface area contributed by atoms with Crippen LogP contribution >= 0.6 is 0 Å². The summed E-state index contributed by atoms with van der Waals surface area (Å²) in [7, 11) is -3.41. The van der Waals surface area contributed by atoms with Crippen LogP contribution in [0, 0.1) is 13.8 Å². The van der Waals surface area contributed by atoms with Gasteiger partial charge in [-0.2, -0.15) is 9.40 Å². The normalized spacial score (nSPS) is 21.7. The summed E-state index contributed by atoms with van der Waals surface area (Å²) in [4.78, 5) is 2.79. The molecule has 0 N–H and O–H groups in total. The highest BCUT2D eigenvalue weighted by atomic mass is 32.2. The van der Waals surface area contributed by atoms with Crippen molar-refractivity contribution in [2.45, 2.75) is 63.9 Å². The van der Waals surface area contributed by atoms with Crippen LogP contribution in [0.3, 0.4) is 0 Å². The lowest BCUT2D eigenvalue weighted by molar-refractivity contribution is 0.171. The van der Waals surface area contributed by atoms with Crippen LogP contribution in [0.4, 0.5) is 0 Å². The van der Waals surface area contributed by atoms with Crippen molar-refractivity contribution in [3.63, 3.8) is 0 Å². The largest absolute Gasteiger partial charge is 0.284 e. The molecule has 2 fully saturated rings. The summed E-state index contributed by atoms with van der Waals surface area (Å²) < 4.78 is 29.5. The molecule has 2 aliphatic heterocycles. The van der Waals surface area contributed by atoms with Gasteiger partial charge in [-0.1, -0.05) is 12.8 Å². The second kappa shape index (κ2) is 6.91. The zero-order valence-corrected chi connectivity index (χ0v) is 15.1. The first-order valence-corrected chi connectivity index (χ1v) is 10.2. The van der Waals surface area contributed by atoms with E-state index in [1.54, 1.807) is 4.31 Å². The molecule has 0 unspecified atom stereocenters. The third-order valence-electron chi connectivity index (χ3n) is 5.01. The van der Waals surface area contributed by atoms with Crippen molar-refractivity contribution >= 4 is 10.0 Å². The average Bonchev–Trinajstić information content (AvgIpc) is 2.83. The molecule has 0 atom stereocenters. The number of piperidine rings is 2. The molecule has 1 aromatic rings. The molecule has 6 nitrogen and oxygen atoms in total. The molecule has 2 saturated heterocycles. The third-order valence-corrected chi connectivity index (χ3v) is 7.16. The van der Waals surface area contributed by atoms with Crippen molar-refractivity contribution in [1.29, 1.82) is 0 Å². The number of likely N-dealkylation sites (tertiary alicyclic amines) is 1. The molecule has 0 radical (unpaired) electrons. The molecule has 7 heteroatoms. The predicted molar refractivity (Wildman–Crippen MR) is 89.7 cm³/mol. The van der Waals surface area contributed by atoms with E-state index in [2.05, 4.69) is 10.00 Å². The minimum absolute atomic E-state index is 0.427. The molecule has 0 saturated carbocycles. The van der Waals surface area contributed by atoms with Crippen molar-refractivity contribution < 1.29 is 8.42 Å². The van der Waals surface area contributed by atoms with Gasteiger partial charge in [-0.15, -0.1) is 0 Å². The topological polar surface area (TPSA) is 58.4 Å². The Hall–Kier alpha value is -0.920. The molecule has 0 spiro atoms. The molecule has 0 aromatic carbocycles. The van der Waals surface area contributed by atoms with Crippen LogP contribution in [0.25, 0.3) is 0 Å². The Morgan fingerprint density at radius 2 is 1.48 bits per heavy atom. The van der Waals surface area contributed by atoms with E-state index >= 15 is 0 Å². The molecular formula is C16H28N4O2S. The fraction of sp³-hybridized carbons (Fsp3) is 0.812. The SMILES string of the molecule is Cc1nn(CN2CCCCC2)c(C)c1S(=O)(=O)N1CCCCC1. The summed E-state index contributed by atoms with van der Waals surface area (Å²) in [5.41, 5.74) is 1.41. The highest BCUT2D eigenvalue weighted by molar-refractivity contribution is 7.89. The molecule has 130 valence electrons. The van der Waals surface area contributed by atoms with Gasteiger partial charge in [0.2, 0.25) is 10.0 Å². The Kier molecular flexibility index (Phi) is 5.08. The third kappa shape index (κ3) is 3.46. The number of hydrogen-bond donors (Lipinski definition) is 0. The second-order valence-corrected chi connectivity index (χ2v) is 8.66. The van der Waals surface area contributed by atoms with E-state index in [0.717, 1.165) is 38.0 Å². The first-order valence-electron chi connectivity index (χ1n) is 8.76. The molecule has 2 aliphatic rings. The average molecular weight is 340 g/mol. The van der Waals surface area contributed by atoms with E-state index in [4.69, 9.17) is 0 Å². The quantitative estimate of drug-likeness (QED) is 0.842. The smallest absolute Gasteiger partial charge is 0.246 e. The van der Waals surface area contributed by atoms with Gasteiger partial charge in [0.1, 0.15) is 4.90 Å². The number of sulfonamides is 1. The van der Waals surface area contributed by atoms with Gasteiger partial charge < -0.3 is 0 Å². The highest BCUT2D eigenvalue weighted by Crippen LogP contribution is 2.26. The van der Waals surface area contributed by atoms with Crippen LogP contribution in [-0.2, 0) is 16.7 Å². The minimum Gasteiger partial charge on any atom is -0.284 e. The molecular weight excluding hydrogens is 312 g/mol. The number of nitrogens with zero attached hydrogens (tertiary/aromatic N) is 4. The standard InChI is InChI=1S/C16H28N4O2S/c1-14-16(23(21,22)19-11-7-4-8-12-19)15(2)20(17-14)13-18-9-5-3-6-10-18/h3-13H2,1-2H3. The van der Waals surface area contributed by atoms with Crippen LogP contribution in [-0.4, -0.2) is 53.6 Å². The molecule has 0 aliphatic carbocycles. The van der Waals surface area contributed by atoms with Gasteiger partial charge in [0.25, 0.3) is 0 Å². The maximum atomic E-state index is 13.0. The van der Waals surface area contributed by atoms with Gasteiger partial charge in [-0.05, 0) is 52.6 Å². The molecule has 0 amide bonds. The molecule has 23 heavy (non-hydrogen) atoms. The lowest BCUT2D eigenvalue weighted by atomic mass is 10.1. The Morgan fingerprint density at radius 1 is 0.913 bits per heavy atom. The van der Waals surface area contributed by atoms with E-state index in [9.17, 15) is 8.42 Å². The summed E-state index contributed by atoms with van der Waals surface area (Å²) in [6.07, 6.45) is 6.77. The van der Waals surface area contributed by atoms with E-state index in [-0.39, 0.29) is 0 Å². The zero-order chi connectivity index (χ0) is 16.4. The van der Waals surface area contributed by atoms with Crippen molar-refractivity contribution in [3.8, 4) is 0 Å². The van der Waals surface area contributed by atoms with Gasteiger partial charge in [-0.3, -0.25) is 9.58 Å². The Labute approximate surface area is 139 Å². The number of hydrogen-bond acceptors (Lipinski definition) is 4. The fourth-order valence-corrected chi connectivity index (χ4v) is 5.61. The zero-order valence-electron chi connectivity index (χ0n) is 14.3. The lowest BCUT2D eigenvalue weighted by Gasteiger charge is -2.27. The van der Waals surface area contributed by atoms with E-state index in [0.29, 0.717) is 30.3 Å². The minimum atomic E-state index is -3.41. The van der Waals surface area contributed by atoms with E-state index in [1.165, 1.54) is 19.3 Å². The summed E-state index contributed by atoms with van der Waals surface area (Å²) in [6, 6.07) is 0. The number of aryl methyl sites for hydroxylation is 1. The molecule has 1 aromatic heterocycles. The summed E-state index contributed by atoms with van der Waals surface area (Å²) in [5.74, 6) is 0. The monoisotopic (exact) mass is 340 g/mol. The predicted octanol–water partition coefficient (Wildman–Crippen LogP) is 2.12. The maximum Gasteiger partial charge on any atom is 0.246 e. The second-order valence-electron chi connectivity index (χ2n) is 6.78. The van der Waals surface area contributed by atoms with Crippen molar-refractivity contribution in [3.05, 3.63) is 11.4 Å². The van der Waals surface area contributed by atoms with Gasteiger partial charge in [0, 0.05) is 13.1 Å². The van der Waals surface area contributed by atoms with Gasteiger partial charge in [-0.25, -0.2) is 8.42 Å². The van der Waals surface area contributed by atoms with Crippen molar-refractivity contribution in [2.24, 2.45) is 0 Å². The van der Waals surface area contributed by atoms with Gasteiger partial charge in [0.05, 0.1) is 18.1 Å². The first-order chi connectivity index (χ1) is 11.0. The van der Waals surface area contributed by atoms with E-state index < -0.39 is 10.0 Å². The molecule has 0 bridgehead atoms. The maximum absolute atomic E-state index is 13.0. The van der Waals surface area contributed by atoms with Gasteiger partial charge >= 0.3 is 0 Å². The Balaban J connectivity index is 1.84. The lowest BCUT2D eigenvalue weighted by Crippen LogP contribution is -2.36. The number of rotatable bonds is 4. The first kappa shape index (κ1) is 16.9. The van der Waals surface area contributed by atoms with E-state index in [1.807, 2.05) is 18.5 Å². The highest BCUT2D eigenvalue weighted by Gasteiger charge is 2.32. The summed E-state index contributed by atoms with van der Waals surface area (Å²) in [6.45, 7) is 7.83. The fourth-order valence-electron chi connectivity index (χ4n) is 3.72.